The Hall–Kier alpha value is -1.07. The standard InChI is InChI=1S/C15H26N4S/c1-6-8-18(7-2)13-12(11-16-15(3,4)5)19-9-10-20-14(19)17-13/h9-10,16H,6-8,11H2,1-5H3. The molecule has 0 atom stereocenters. The van der Waals surface area contributed by atoms with Gasteiger partial charge in [0.1, 0.15) is 0 Å². The maximum absolute atomic E-state index is 4.83. The van der Waals surface area contributed by atoms with Crippen molar-refractivity contribution in [2.24, 2.45) is 0 Å². The van der Waals surface area contributed by atoms with Crippen LogP contribution in [0.1, 0.15) is 46.7 Å². The van der Waals surface area contributed by atoms with E-state index in [0.29, 0.717) is 0 Å². The first-order valence-corrected chi connectivity index (χ1v) is 8.28. The molecule has 0 amide bonds. The lowest BCUT2D eigenvalue weighted by Gasteiger charge is -2.24. The number of fused-ring (bicyclic) bond motifs is 1. The van der Waals surface area contributed by atoms with Crippen LogP contribution in [0.15, 0.2) is 11.6 Å². The molecule has 5 heteroatoms. The van der Waals surface area contributed by atoms with Crippen LogP contribution in [0.5, 0.6) is 0 Å². The first-order chi connectivity index (χ1) is 9.46. The molecule has 0 aliphatic heterocycles. The van der Waals surface area contributed by atoms with E-state index in [2.05, 4.69) is 60.8 Å². The molecular weight excluding hydrogens is 268 g/mol. The molecule has 0 bridgehead atoms. The van der Waals surface area contributed by atoms with E-state index >= 15 is 0 Å². The van der Waals surface area contributed by atoms with Crippen molar-refractivity contribution in [1.82, 2.24) is 14.7 Å². The first kappa shape index (κ1) is 15.3. The second kappa shape index (κ2) is 6.14. The van der Waals surface area contributed by atoms with Gasteiger partial charge in [-0.3, -0.25) is 4.40 Å². The summed E-state index contributed by atoms with van der Waals surface area (Å²) in [5, 5.41) is 5.68. The quantitative estimate of drug-likeness (QED) is 0.885. The van der Waals surface area contributed by atoms with E-state index in [1.165, 1.54) is 5.69 Å². The summed E-state index contributed by atoms with van der Waals surface area (Å²) in [4.78, 5) is 8.29. The zero-order valence-corrected chi connectivity index (χ0v) is 14.0. The fraction of sp³-hybridized carbons (Fsp3) is 0.667. The van der Waals surface area contributed by atoms with Gasteiger partial charge in [-0.25, -0.2) is 4.98 Å². The van der Waals surface area contributed by atoms with Gasteiger partial charge in [-0.15, -0.1) is 11.3 Å². The second-order valence-corrected chi connectivity index (χ2v) is 6.99. The Morgan fingerprint density at radius 2 is 2.10 bits per heavy atom. The van der Waals surface area contributed by atoms with Gasteiger partial charge in [-0.2, -0.15) is 0 Å². The highest BCUT2D eigenvalue weighted by atomic mass is 32.1. The zero-order chi connectivity index (χ0) is 14.8. The van der Waals surface area contributed by atoms with Crippen molar-refractivity contribution in [2.75, 3.05) is 18.0 Å². The summed E-state index contributed by atoms with van der Waals surface area (Å²) in [6.45, 7) is 13.9. The molecule has 2 aromatic rings. The number of rotatable bonds is 6. The predicted molar refractivity (Wildman–Crippen MR) is 87.8 cm³/mol. The summed E-state index contributed by atoms with van der Waals surface area (Å²) in [5.41, 5.74) is 1.38. The van der Waals surface area contributed by atoms with Crippen LogP contribution in [0.2, 0.25) is 0 Å². The van der Waals surface area contributed by atoms with Gasteiger partial charge in [0.25, 0.3) is 0 Å². The molecule has 0 radical (unpaired) electrons. The fourth-order valence-electron chi connectivity index (χ4n) is 2.27. The van der Waals surface area contributed by atoms with Crippen molar-refractivity contribution in [1.29, 1.82) is 0 Å². The molecule has 4 nitrogen and oxygen atoms in total. The van der Waals surface area contributed by atoms with Gasteiger partial charge >= 0.3 is 0 Å². The van der Waals surface area contributed by atoms with Crippen molar-refractivity contribution in [3.63, 3.8) is 0 Å². The first-order valence-electron chi connectivity index (χ1n) is 7.40. The number of imidazole rings is 1. The summed E-state index contributed by atoms with van der Waals surface area (Å²) in [6.07, 6.45) is 3.26. The molecular formula is C15H26N4S. The Labute approximate surface area is 125 Å². The Bertz CT molecular complexity index is 550. The number of nitrogens with zero attached hydrogens (tertiary/aromatic N) is 3. The molecule has 0 spiro atoms. The van der Waals surface area contributed by atoms with Gasteiger partial charge in [0, 0.05) is 36.8 Å². The van der Waals surface area contributed by atoms with Crippen LogP contribution < -0.4 is 10.2 Å². The molecule has 2 aromatic heterocycles. The van der Waals surface area contributed by atoms with Crippen LogP contribution >= 0.6 is 11.3 Å². The lowest BCUT2D eigenvalue weighted by molar-refractivity contribution is 0.420. The average molecular weight is 294 g/mol. The summed E-state index contributed by atoms with van der Waals surface area (Å²) in [6, 6.07) is 0. The Balaban J connectivity index is 2.34. The van der Waals surface area contributed by atoms with E-state index in [1.807, 2.05) is 0 Å². The fourth-order valence-corrected chi connectivity index (χ4v) is 3.00. The normalized spacial score (nSPS) is 12.2. The second-order valence-electron chi connectivity index (χ2n) is 6.12. The molecule has 0 unspecified atom stereocenters. The SMILES string of the molecule is CCCN(CC)c1nc2sccn2c1CNC(C)(C)C. The Kier molecular flexibility index (Phi) is 4.70. The van der Waals surface area contributed by atoms with E-state index in [1.54, 1.807) is 11.3 Å². The number of nitrogens with one attached hydrogen (secondary N) is 1. The highest BCUT2D eigenvalue weighted by Crippen LogP contribution is 2.25. The van der Waals surface area contributed by atoms with Crippen molar-refractivity contribution < 1.29 is 0 Å². The summed E-state index contributed by atoms with van der Waals surface area (Å²) in [5.74, 6) is 1.14. The summed E-state index contributed by atoms with van der Waals surface area (Å²) < 4.78 is 2.22. The zero-order valence-electron chi connectivity index (χ0n) is 13.2. The summed E-state index contributed by atoms with van der Waals surface area (Å²) in [7, 11) is 0. The maximum atomic E-state index is 4.83. The molecule has 0 aliphatic rings. The third-order valence-electron chi connectivity index (χ3n) is 3.30. The van der Waals surface area contributed by atoms with Crippen molar-refractivity contribution in [3.8, 4) is 0 Å². The van der Waals surface area contributed by atoms with Crippen molar-refractivity contribution in [3.05, 3.63) is 17.3 Å². The third-order valence-corrected chi connectivity index (χ3v) is 4.06. The molecule has 0 aliphatic carbocycles. The minimum atomic E-state index is 0.110. The van der Waals surface area contributed by atoms with Crippen LogP contribution in [-0.4, -0.2) is 28.0 Å². The molecule has 0 aromatic carbocycles. The molecule has 1 N–H and O–H groups in total. The van der Waals surface area contributed by atoms with Crippen LogP contribution in [0.4, 0.5) is 5.82 Å². The van der Waals surface area contributed by atoms with Gasteiger partial charge in [0.2, 0.25) is 0 Å². The van der Waals surface area contributed by atoms with Gasteiger partial charge < -0.3 is 10.2 Å². The Morgan fingerprint density at radius 1 is 1.35 bits per heavy atom. The van der Waals surface area contributed by atoms with E-state index in [4.69, 9.17) is 4.98 Å². The molecule has 0 saturated carbocycles. The van der Waals surface area contributed by atoms with Crippen molar-refractivity contribution in [2.45, 2.75) is 53.1 Å². The topological polar surface area (TPSA) is 32.6 Å². The lowest BCUT2D eigenvalue weighted by atomic mass is 10.1. The van der Waals surface area contributed by atoms with Gasteiger partial charge in [-0.1, -0.05) is 6.92 Å². The smallest absolute Gasteiger partial charge is 0.195 e. The van der Waals surface area contributed by atoms with Gasteiger partial charge in [0.15, 0.2) is 10.8 Å². The van der Waals surface area contributed by atoms with Crippen LogP contribution in [-0.2, 0) is 6.54 Å². The minimum absolute atomic E-state index is 0.110. The number of anilines is 1. The highest BCUT2D eigenvalue weighted by molar-refractivity contribution is 7.15. The van der Waals surface area contributed by atoms with Gasteiger partial charge in [0.05, 0.1) is 5.69 Å². The van der Waals surface area contributed by atoms with Crippen LogP contribution in [0, 0.1) is 0 Å². The highest BCUT2D eigenvalue weighted by Gasteiger charge is 2.19. The lowest BCUT2D eigenvalue weighted by Crippen LogP contribution is -2.36. The van der Waals surface area contributed by atoms with E-state index < -0.39 is 0 Å². The predicted octanol–water partition coefficient (Wildman–Crippen LogP) is 3.52. The number of thiazole rings is 1. The van der Waals surface area contributed by atoms with Gasteiger partial charge in [-0.05, 0) is 34.1 Å². The molecule has 20 heavy (non-hydrogen) atoms. The van der Waals surface area contributed by atoms with E-state index in [-0.39, 0.29) is 5.54 Å². The van der Waals surface area contributed by atoms with E-state index in [9.17, 15) is 0 Å². The van der Waals surface area contributed by atoms with Crippen LogP contribution in [0.3, 0.4) is 0 Å². The number of aromatic nitrogens is 2. The number of hydrogen-bond acceptors (Lipinski definition) is 4. The molecule has 2 heterocycles. The third kappa shape index (κ3) is 3.33. The molecule has 112 valence electrons. The number of hydrogen-bond donors (Lipinski definition) is 1. The van der Waals surface area contributed by atoms with Crippen molar-refractivity contribution >= 4 is 22.1 Å². The summed E-state index contributed by atoms with van der Waals surface area (Å²) >= 11 is 1.70. The Morgan fingerprint density at radius 3 is 2.70 bits per heavy atom. The molecule has 2 rings (SSSR count). The molecule has 0 fully saturated rings. The largest absolute Gasteiger partial charge is 0.355 e. The van der Waals surface area contributed by atoms with Crippen LogP contribution in [0.25, 0.3) is 4.96 Å². The molecule has 0 saturated heterocycles. The maximum Gasteiger partial charge on any atom is 0.195 e. The average Bonchev–Trinajstić information content (AvgIpc) is 2.93. The minimum Gasteiger partial charge on any atom is -0.355 e. The monoisotopic (exact) mass is 294 g/mol. The van der Waals surface area contributed by atoms with E-state index in [0.717, 1.165) is 36.8 Å².